The molecule has 1 aliphatic carbocycles. The molecule has 0 radical (unpaired) electrons. The molecule has 154 valence electrons. The maximum atomic E-state index is 4.91. The van der Waals surface area contributed by atoms with E-state index in [-0.39, 0.29) is 0 Å². The van der Waals surface area contributed by atoms with Gasteiger partial charge in [0.1, 0.15) is 0 Å². The van der Waals surface area contributed by atoms with Crippen molar-refractivity contribution < 1.29 is 0 Å². The summed E-state index contributed by atoms with van der Waals surface area (Å²) in [6, 6.07) is 25.2. The standard InChI is InChI=1S/C27H18BrN3S/c28-20-13-10-18(11-14-20)26-29-25(17-6-2-1-3-7-17)30-27(31-26)19-12-15-22-21-8-4-5-9-23(21)32-24(22)16-19/h1-10,12-13,15-16H,11,14H2. The molecule has 0 spiro atoms. The summed E-state index contributed by atoms with van der Waals surface area (Å²) in [6.07, 6.45) is 6.07. The number of aromatic nitrogens is 3. The van der Waals surface area contributed by atoms with E-state index in [0.29, 0.717) is 11.6 Å². The fourth-order valence-corrected chi connectivity index (χ4v) is 5.50. The number of thiophene rings is 1. The van der Waals surface area contributed by atoms with Gasteiger partial charge in [-0.05, 0) is 35.0 Å². The van der Waals surface area contributed by atoms with Gasteiger partial charge in [0.15, 0.2) is 17.5 Å². The van der Waals surface area contributed by atoms with Crippen molar-refractivity contribution in [2.75, 3.05) is 0 Å². The van der Waals surface area contributed by atoms with Gasteiger partial charge in [-0.2, -0.15) is 0 Å². The Balaban J connectivity index is 1.53. The fourth-order valence-electron chi connectivity index (χ4n) is 4.03. The lowest BCUT2D eigenvalue weighted by Gasteiger charge is -2.13. The van der Waals surface area contributed by atoms with Gasteiger partial charge in [0.25, 0.3) is 0 Å². The molecule has 0 unspecified atom stereocenters. The predicted molar refractivity (Wildman–Crippen MR) is 138 cm³/mol. The van der Waals surface area contributed by atoms with Gasteiger partial charge >= 0.3 is 0 Å². The zero-order valence-corrected chi connectivity index (χ0v) is 19.5. The minimum Gasteiger partial charge on any atom is -0.209 e. The molecule has 0 atom stereocenters. The molecule has 3 nitrogen and oxygen atoms in total. The Kier molecular flexibility index (Phi) is 4.93. The number of fused-ring (bicyclic) bond motifs is 3. The van der Waals surface area contributed by atoms with E-state index in [2.05, 4.69) is 70.5 Å². The number of hydrogen-bond donors (Lipinski definition) is 0. The molecule has 0 saturated carbocycles. The first-order valence-corrected chi connectivity index (χ1v) is 12.1. The van der Waals surface area contributed by atoms with Crippen LogP contribution >= 0.6 is 27.3 Å². The molecule has 5 heteroatoms. The van der Waals surface area contributed by atoms with Crippen molar-refractivity contribution in [3.8, 4) is 22.8 Å². The summed E-state index contributed by atoms with van der Waals surface area (Å²) in [5.74, 6) is 2.17. The number of halogens is 1. The molecule has 5 aromatic rings. The van der Waals surface area contributed by atoms with E-state index < -0.39 is 0 Å². The van der Waals surface area contributed by atoms with Crippen molar-refractivity contribution in [1.82, 2.24) is 15.0 Å². The Morgan fingerprint density at radius 2 is 1.34 bits per heavy atom. The minimum absolute atomic E-state index is 0.705. The average Bonchev–Trinajstić information content (AvgIpc) is 3.23. The largest absolute Gasteiger partial charge is 0.209 e. The van der Waals surface area contributed by atoms with Gasteiger partial charge in [0.05, 0.1) is 0 Å². The molecule has 6 rings (SSSR count). The van der Waals surface area contributed by atoms with E-state index in [1.165, 1.54) is 24.7 Å². The lowest BCUT2D eigenvalue weighted by Crippen LogP contribution is -2.04. The van der Waals surface area contributed by atoms with E-state index in [1.54, 1.807) is 0 Å². The zero-order valence-electron chi connectivity index (χ0n) is 17.1. The molecule has 32 heavy (non-hydrogen) atoms. The van der Waals surface area contributed by atoms with Crippen molar-refractivity contribution in [3.63, 3.8) is 0 Å². The Morgan fingerprint density at radius 3 is 2.16 bits per heavy atom. The maximum Gasteiger partial charge on any atom is 0.164 e. The first-order chi connectivity index (χ1) is 15.7. The number of benzene rings is 3. The number of rotatable bonds is 3. The molecule has 1 aliphatic rings. The quantitative estimate of drug-likeness (QED) is 0.254. The van der Waals surface area contributed by atoms with Crippen LogP contribution in [0.2, 0.25) is 0 Å². The third-order valence-corrected chi connectivity index (χ3v) is 7.48. The van der Waals surface area contributed by atoms with E-state index in [0.717, 1.165) is 35.4 Å². The third-order valence-electron chi connectivity index (χ3n) is 5.69. The SMILES string of the molecule is BrC1=CC=C(c2nc(-c3ccccc3)nc(-c3ccc4c(c3)sc3ccccc34)n2)CC1. The summed E-state index contributed by atoms with van der Waals surface area (Å²) in [4.78, 5) is 14.6. The summed E-state index contributed by atoms with van der Waals surface area (Å²) in [5.41, 5.74) is 3.14. The average molecular weight is 496 g/mol. The summed E-state index contributed by atoms with van der Waals surface area (Å²) in [7, 11) is 0. The van der Waals surface area contributed by atoms with Crippen molar-refractivity contribution in [2.24, 2.45) is 0 Å². The van der Waals surface area contributed by atoms with Gasteiger partial charge in [0, 0.05) is 31.3 Å². The van der Waals surface area contributed by atoms with Crippen molar-refractivity contribution in [1.29, 1.82) is 0 Å². The van der Waals surface area contributed by atoms with Crippen LogP contribution < -0.4 is 0 Å². The van der Waals surface area contributed by atoms with Gasteiger partial charge in [0.2, 0.25) is 0 Å². The Hall–Kier alpha value is -3.15. The van der Waals surface area contributed by atoms with Crippen LogP contribution in [-0.4, -0.2) is 15.0 Å². The van der Waals surface area contributed by atoms with E-state index in [4.69, 9.17) is 15.0 Å². The van der Waals surface area contributed by atoms with E-state index >= 15 is 0 Å². The number of nitrogens with zero attached hydrogens (tertiary/aromatic N) is 3. The molecule has 0 N–H and O–H groups in total. The smallest absolute Gasteiger partial charge is 0.164 e. The van der Waals surface area contributed by atoms with Crippen LogP contribution in [0.4, 0.5) is 0 Å². The third kappa shape index (κ3) is 3.57. The molecule has 0 fully saturated rings. The highest BCUT2D eigenvalue weighted by Crippen LogP contribution is 2.36. The summed E-state index contributed by atoms with van der Waals surface area (Å²) >= 11 is 5.40. The van der Waals surface area contributed by atoms with Crippen molar-refractivity contribution in [2.45, 2.75) is 12.8 Å². The molecule has 0 aliphatic heterocycles. The lowest BCUT2D eigenvalue weighted by atomic mass is 10.0. The second kappa shape index (κ2) is 8.08. The monoisotopic (exact) mass is 495 g/mol. The van der Waals surface area contributed by atoms with Crippen LogP contribution in [-0.2, 0) is 0 Å². The lowest BCUT2D eigenvalue weighted by molar-refractivity contribution is 0.973. The Labute approximate surface area is 198 Å². The molecular formula is C27H18BrN3S. The number of allylic oxidation sites excluding steroid dienone is 4. The van der Waals surface area contributed by atoms with E-state index in [1.807, 2.05) is 41.7 Å². The summed E-state index contributed by atoms with van der Waals surface area (Å²) in [6.45, 7) is 0. The van der Waals surface area contributed by atoms with Crippen molar-refractivity contribution >= 4 is 53.0 Å². The summed E-state index contributed by atoms with van der Waals surface area (Å²) in [5, 5.41) is 2.57. The Morgan fingerprint density at radius 1 is 0.625 bits per heavy atom. The second-order valence-electron chi connectivity index (χ2n) is 7.79. The van der Waals surface area contributed by atoms with Gasteiger partial charge < -0.3 is 0 Å². The number of hydrogen-bond acceptors (Lipinski definition) is 4. The van der Waals surface area contributed by atoms with Crippen LogP contribution in [0.3, 0.4) is 0 Å². The highest BCUT2D eigenvalue weighted by molar-refractivity contribution is 9.11. The first kappa shape index (κ1) is 19.5. The van der Waals surface area contributed by atoms with Gasteiger partial charge in [-0.1, -0.05) is 88.7 Å². The maximum absolute atomic E-state index is 4.91. The molecule has 0 saturated heterocycles. The van der Waals surface area contributed by atoms with Gasteiger partial charge in [-0.3, -0.25) is 0 Å². The fraction of sp³-hybridized carbons (Fsp3) is 0.0741. The topological polar surface area (TPSA) is 38.7 Å². The normalized spacial score (nSPS) is 13.9. The van der Waals surface area contributed by atoms with Crippen LogP contribution in [0.25, 0.3) is 48.5 Å². The molecule has 2 aromatic heterocycles. The van der Waals surface area contributed by atoms with E-state index in [9.17, 15) is 0 Å². The van der Waals surface area contributed by atoms with Crippen LogP contribution in [0.1, 0.15) is 18.7 Å². The molecular weight excluding hydrogens is 478 g/mol. The Bertz CT molecular complexity index is 1530. The second-order valence-corrected chi connectivity index (χ2v) is 9.89. The zero-order chi connectivity index (χ0) is 21.5. The molecule has 0 amide bonds. The predicted octanol–water partition coefficient (Wildman–Crippen LogP) is 8.03. The minimum atomic E-state index is 0.705. The molecule has 2 heterocycles. The van der Waals surface area contributed by atoms with Crippen LogP contribution in [0, 0.1) is 0 Å². The first-order valence-electron chi connectivity index (χ1n) is 10.5. The molecule has 3 aromatic carbocycles. The van der Waals surface area contributed by atoms with Crippen LogP contribution in [0.15, 0.2) is 89.4 Å². The van der Waals surface area contributed by atoms with Gasteiger partial charge in [-0.15, -0.1) is 11.3 Å². The van der Waals surface area contributed by atoms with Crippen molar-refractivity contribution in [3.05, 3.63) is 95.3 Å². The summed E-state index contributed by atoms with van der Waals surface area (Å²) < 4.78 is 3.75. The highest BCUT2D eigenvalue weighted by Gasteiger charge is 2.16. The van der Waals surface area contributed by atoms with Gasteiger partial charge in [-0.25, -0.2) is 15.0 Å². The highest BCUT2D eigenvalue weighted by atomic mass is 79.9. The molecule has 0 bridgehead atoms. The van der Waals surface area contributed by atoms with Crippen LogP contribution in [0.5, 0.6) is 0 Å².